The van der Waals surface area contributed by atoms with Gasteiger partial charge in [-0.15, -0.1) is 0 Å². The number of nitrogens with zero attached hydrogens (tertiary/aromatic N) is 1. The van der Waals surface area contributed by atoms with E-state index in [-0.39, 0.29) is 6.10 Å². The van der Waals surface area contributed by atoms with Crippen molar-refractivity contribution in [2.75, 3.05) is 26.3 Å². The molecular formula is C10H19NO2. The van der Waals surface area contributed by atoms with Crippen LogP contribution < -0.4 is 0 Å². The van der Waals surface area contributed by atoms with Crippen LogP contribution in [0.15, 0.2) is 0 Å². The van der Waals surface area contributed by atoms with Crippen molar-refractivity contribution in [1.29, 1.82) is 0 Å². The minimum absolute atomic E-state index is 0.258. The zero-order valence-electron chi connectivity index (χ0n) is 8.11. The van der Waals surface area contributed by atoms with Gasteiger partial charge in [0, 0.05) is 12.6 Å². The van der Waals surface area contributed by atoms with Crippen molar-refractivity contribution in [3.8, 4) is 0 Å². The van der Waals surface area contributed by atoms with Crippen molar-refractivity contribution in [2.45, 2.75) is 37.8 Å². The normalized spacial score (nSPS) is 37.6. The lowest BCUT2D eigenvalue weighted by atomic mass is 10.0. The number of aliphatic hydroxyl groups is 1. The molecule has 0 radical (unpaired) electrons. The fraction of sp³-hybridized carbons (Fsp3) is 1.00. The Labute approximate surface area is 79.7 Å². The molecule has 3 nitrogen and oxygen atoms in total. The molecule has 13 heavy (non-hydrogen) atoms. The fourth-order valence-electron chi connectivity index (χ4n) is 2.39. The summed E-state index contributed by atoms with van der Waals surface area (Å²) in [5.74, 6) is 0. The van der Waals surface area contributed by atoms with Gasteiger partial charge in [0.05, 0.1) is 12.7 Å². The number of hydrogen-bond donors (Lipinski definition) is 1. The van der Waals surface area contributed by atoms with E-state index in [2.05, 4.69) is 4.90 Å². The Hall–Kier alpha value is -0.120. The summed E-state index contributed by atoms with van der Waals surface area (Å²) in [5, 5.41) is 9.75. The van der Waals surface area contributed by atoms with Crippen LogP contribution in [0.4, 0.5) is 0 Å². The molecule has 0 saturated carbocycles. The van der Waals surface area contributed by atoms with Gasteiger partial charge < -0.3 is 9.84 Å². The van der Waals surface area contributed by atoms with E-state index < -0.39 is 0 Å². The first kappa shape index (κ1) is 9.44. The number of hydrogen-bond acceptors (Lipinski definition) is 3. The first-order valence-electron chi connectivity index (χ1n) is 5.38. The van der Waals surface area contributed by atoms with Crippen molar-refractivity contribution >= 4 is 0 Å². The van der Waals surface area contributed by atoms with Crippen molar-refractivity contribution in [2.24, 2.45) is 0 Å². The molecule has 2 heterocycles. The number of ether oxygens (including phenoxy) is 1. The maximum atomic E-state index is 9.75. The molecule has 0 aromatic heterocycles. The van der Waals surface area contributed by atoms with Crippen LogP contribution in [0.3, 0.4) is 0 Å². The molecule has 2 aliphatic heterocycles. The van der Waals surface area contributed by atoms with Crippen molar-refractivity contribution in [3.05, 3.63) is 0 Å². The Kier molecular flexibility index (Phi) is 3.19. The van der Waals surface area contributed by atoms with Crippen LogP contribution in [-0.2, 0) is 4.74 Å². The van der Waals surface area contributed by atoms with Crippen LogP contribution in [0.25, 0.3) is 0 Å². The van der Waals surface area contributed by atoms with E-state index in [1.165, 1.54) is 32.4 Å². The van der Waals surface area contributed by atoms with Gasteiger partial charge in [-0.3, -0.25) is 4.90 Å². The Bertz CT molecular complexity index is 157. The lowest BCUT2D eigenvalue weighted by Crippen LogP contribution is -2.50. The summed E-state index contributed by atoms with van der Waals surface area (Å²) >= 11 is 0. The highest BCUT2D eigenvalue weighted by Crippen LogP contribution is 2.19. The van der Waals surface area contributed by atoms with Gasteiger partial charge >= 0.3 is 0 Å². The Morgan fingerprint density at radius 3 is 2.62 bits per heavy atom. The molecule has 0 spiro atoms. The highest BCUT2D eigenvalue weighted by Gasteiger charge is 2.29. The summed E-state index contributed by atoms with van der Waals surface area (Å²) in [6, 6.07) is 0.369. The first-order chi connectivity index (χ1) is 6.38. The molecule has 2 atom stereocenters. The van der Waals surface area contributed by atoms with Crippen LogP contribution in [-0.4, -0.2) is 48.5 Å². The van der Waals surface area contributed by atoms with E-state index in [0.717, 1.165) is 13.0 Å². The monoisotopic (exact) mass is 185 g/mol. The highest BCUT2D eigenvalue weighted by molar-refractivity contribution is 4.83. The van der Waals surface area contributed by atoms with Gasteiger partial charge in [0.15, 0.2) is 0 Å². The molecule has 2 unspecified atom stereocenters. The number of likely N-dealkylation sites (tertiary alicyclic amines) is 1. The number of piperidine rings is 1. The van der Waals surface area contributed by atoms with Crippen molar-refractivity contribution in [3.63, 3.8) is 0 Å². The predicted octanol–water partition coefficient (Wildman–Crippen LogP) is 0.622. The molecule has 2 rings (SSSR count). The second kappa shape index (κ2) is 4.40. The SMILES string of the molecule is OC1COCCC1N1CCCCC1. The van der Waals surface area contributed by atoms with Crippen LogP contribution in [0.1, 0.15) is 25.7 Å². The van der Waals surface area contributed by atoms with Crippen LogP contribution in [0.5, 0.6) is 0 Å². The predicted molar refractivity (Wildman–Crippen MR) is 50.7 cm³/mol. The Morgan fingerprint density at radius 2 is 1.92 bits per heavy atom. The molecule has 76 valence electrons. The summed E-state index contributed by atoms with van der Waals surface area (Å²) in [6.07, 6.45) is 4.69. The second-order valence-electron chi connectivity index (χ2n) is 4.09. The van der Waals surface area contributed by atoms with E-state index in [4.69, 9.17) is 4.74 Å². The van der Waals surface area contributed by atoms with E-state index in [9.17, 15) is 5.11 Å². The number of aliphatic hydroxyl groups excluding tert-OH is 1. The van der Waals surface area contributed by atoms with Gasteiger partial charge in [-0.25, -0.2) is 0 Å². The molecule has 0 aromatic carbocycles. The van der Waals surface area contributed by atoms with Crippen molar-refractivity contribution in [1.82, 2.24) is 4.90 Å². The average Bonchev–Trinajstić information content (AvgIpc) is 2.20. The summed E-state index contributed by atoms with van der Waals surface area (Å²) in [7, 11) is 0. The second-order valence-corrected chi connectivity index (χ2v) is 4.09. The van der Waals surface area contributed by atoms with E-state index in [1.807, 2.05) is 0 Å². The summed E-state index contributed by atoms with van der Waals surface area (Å²) < 4.78 is 5.23. The molecule has 0 aliphatic carbocycles. The quantitative estimate of drug-likeness (QED) is 0.650. The minimum atomic E-state index is -0.258. The van der Waals surface area contributed by atoms with Crippen molar-refractivity contribution < 1.29 is 9.84 Å². The van der Waals surface area contributed by atoms with Crippen LogP contribution in [0, 0.1) is 0 Å². The third-order valence-electron chi connectivity index (χ3n) is 3.15. The summed E-state index contributed by atoms with van der Waals surface area (Å²) in [6.45, 7) is 3.68. The third-order valence-corrected chi connectivity index (χ3v) is 3.15. The summed E-state index contributed by atoms with van der Waals surface area (Å²) in [5.41, 5.74) is 0. The molecule has 3 heteroatoms. The van der Waals surface area contributed by atoms with Gasteiger partial charge in [0.25, 0.3) is 0 Å². The first-order valence-corrected chi connectivity index (χ1v) is 5.38. The van der Waals surface area contributed by atoms with Gasteiger partial charge in [-0.05, 0) is 32.4 Å². The molecule has 1 N–H and O–H groups in total. The van der Waals surface area contributed by atoms with E-state index in [1.54, 1.807) is 0 Å². The zero-order chi connectivity index (χ0) is 9.10. The maximum absolute atomic E-state index is 9.75. The van der Waals surface area contributed by atoms with Gasteiger partial charge in [0.1, 0.15) is 0 Å². The Morgan fingerprint density at radius 1 is 1.15 bits per heavy atom. The van der Waals surface area contributed by atoms with Crippen LogP contribution >= 0.6 is 0 Å². The van der Waals surface area contributed by atoms with Gasteiger partial charge in [-0.1, -0.05) is 6.42 Å². The Balaban J connectivity index is 1.88. The van der Waals surface area contributed by atoms with E-state index in [0.29, 0.717) is 12.6 Å². The maximum Gasteiger partial charge on any atom is 0.0929 e. The number of rotatable bonds is 1. The van der Waals surface area contributed by atoms with Gasteiger partial charge in [0.2, 0.25) is 0 Å². The topological polar surface area (TPSA) is 32.7 Å². The highest BCUT2D eigenvalue weighted by atomic mass is 16.5. The molecule has 0 aromatic rings. The average molecular weight is 185 g/mol. The largest absolute Gasteiger partial charge is 0.389 e. The molecule has 2 aliphatic rings. The van der Waals surface area contributed by atoms with Gasteiger partial charge in [-0.2, -0.15) is 0 Å². The third kappa shape index (κ3) is 2.22. The lowest BCUT2D eigenvalue weighted by molar-refractivity contribution is -0.0682. The molecule has 0 bridgehead atoms. The molecule has 0 amide bonds. The van der Waals surface area contributed by atoms with E-state index >= 15 is 0 Å². The fourth-order valence-corrected chi connectivity index (χ4v) is 2.39. The standard InChI is InChI=1S/C10H19NO2/c12-10-8-13-7-4-9(10)11-5-2-1-3-6-11/h9-10,12H,1-8H2. The molecule has 2 fully saturated rings. The smallest absolute Gasteiger partial charge is 0.0929 e. The zero-order valence-corrected chi connectivity index (χ0v) is 8.11. The lowest BCUT2D eigenvalue weighted by Gasteiger charge is -2.39. The molecular weight excluding hydrogens is 166 g/mol. The summed E-state index contributed by atoms with van der Waals surface area (Å²) in [4.78, 5) is 2.44. The minimum Gasteiger partial charge on any atom is -0.389 e. The molecule has 2 saturated heterocycles. The van der Waals surface area contributed by atoms with Crippen LogP contribution in [0.2, 0.25) is 0 Å².